The van der Waals surface area contributed by atoms with E-state index in [-0.39, 0.29) is 13.2 Å². The molecular weight excluding hydrogens is 464 g/mol. The van der Waals surface area contributed by atoms with Gasteiger partial charge in [0.05, 0.1) is 32.8 Å². The highest BCUT2D eigenvalue weighted by atomic mass is 16.7. The summed E-state index contributed by atoms with van der Waals surface area (Å²) >= 11 is 0. The number of ether oxygens (including phenoxy) is 6. The van der Waals surface area contributed by atoms with Crippen molar-refractivity contribution in [1.29, 1.82) is 0 Å². The molecule has 0 radical (unpaired) electrons. The first-order valence-corrected chi connectivity index (χ1v) is 11.7. The highest BCUT2D eigenvalue weighted by Gasteiger charge is 2.74. The van der Waals surface area contributed by atoms with Crippen LogP contribution in [0.4, 0.5) is 0 Å². The van der Waals surface area contributed by atoms with Gasteiger partial charge in [0.15, 0.2) is 17.1 Å². The zero-order valence-electron chi connectivity index (χ0n) is 20.1. The standard InChI is InChI=1S/C28H26O8/c1-31-18-12-22(32-2)25-23(13-18)36-28(17-9-10-20-21(11-17)35-15-34-20)24(16-7-5-4-6-8-16)19(26(29)33-3)14-27(25,28)30/h4-13,19,24,30H,14-15H2,1-3H3/t19-,24?,27?,28-/m0/s1. The summed E-state index contributed by atoms with van der Waals surface area (Å²) in [5, 5.41) is 12.7. The summed E-state index contributed by atoms with van der Waals surface area (Å²) in [4.78, 5) is 13.2. The third-order valence-electron chi connectivity index (χ3n) is 7.61. The number of hydrogen-bond acceptors (Lipinski definition) is 8. The molecule has 6 rings (SSSR count). The van der Waals surface area contributed by atoms with Gasteiger partial charge in [-0.3, -0.25) is 4.79 Å². The van der Waals surface area contributed by atoms with E-state index < -0.39 is 29.0 Å². The van der Waals surface area contributed by atoms with Crippen LogP contribution in [0.15, 0.2) is 60.7 Å². The van der Waals surface area contributed by atoms with Gasteiger partial charge in [0.2, 0.25) is 6.79 Å². The largest absolute Gasteiger partial charge is 0.496 e. The van der Waals surface area contributed by atoms with E-state index in [9.17, 15) is 9.90 Å². The first-order valence-electron chi connectivity index (χ1n) is 11.7. The Labute approximate surface area is 208 Å². The Morgan fingerprint density at radius 1 is 0.944 bits per heavy atom. The van der Waals surface area contributed by atoms with E-state index in [1.807, 2.05) is 42.5 Å². The van der Waals surface area contributed by atoms with Crippen molar-refractivity contribution in [3.05, 3.63) is 77.4 Å². The summed E-state index contributed by atoms with van der Waals surface area (Å²) in [5.41, 5.74) is -1.11. The molecule has 8 heteroatoms. The molecular formula is C28H26O8. The first-order chi connectivity index (χ1) is 17.5. The maximum absolute atomic E-state index is 13.2. The number of hydrogen-bond donors (Lipinski definition) is 1. The van der Waals surface area contributed by atoms with E-state index in [1.165, 1.54) is 14.2 Å². The lowest BCUT2D eigenvalue weighted by Crippen LogP contribution is -2.48. The van der Waals surface area contributed by atoms with Gasteiger partial charge >= 0.3 is 5.97 Å². The fraction of sp³-hybridized carbons (Fsp3) is 0.321. The molecule has 3 aromatic carbocycles. The molecule has 0 bridgehead atoms. The van der Waals surface area contributed by atoms with Crippen LogP contribution in [0.25, 0.3) is 0 Å². The molecule has 1 aliphatic carbocycles. The minimum atomic E-state index is -1.65. The van der Waals surface area contributed by atoms with Crippen molar-refractivity contribution in [3.63, 3.8) is 0 Å². The number of aliphatic hydroxyl groups is 1. The zero-order chi connectivity index (χ0) is 25.1. The van der Waals surface area contributed by atoms with Crippen LogP contribution in [0.5, 0.6) is 28.7 Å². The Morgan fingerprint density at radius 2 is 1.72 bits per heavy atom. The van der Waals surface area contributed by atoms with Crippen molar-refractivity contribution in [2.24, 2.45) is 5.92 Å². The molecule has 0 saturated heterocycles. The van der Waals surface area contributed by atoms with Crippen LogP contribution < -0.4 is 23.7 Å². The molecule has 8 nitrogen and oxygen atoms in total. The summed E-state index contributed by atoms with van der Waals surface area (Å²) in [6, 6.07) is 18.5. The molecule has 186 valence electrons. The smallest absolute Gasteiger partial charge is 0.309 e. The minimum absolute atomic E-state index is 0.0589. The van der Waals surface area contributed by atoms with Gasteiger partial charge < -0.3 is 33.5 Å². The van der Waals surface area contributed by atoms with Crippen LogP contribution >= 0.6 is 0 Å². The van der Waals surface area contributed by atoms with Gasteiger partial charge in [0.1, 0.15) is 22.8 Å². The maximum atomic E-state index is 13.2. The van der Waals surface area contributed by atoms with Crippen molar-refractivity contribution < 1.29 is 38.3 Å². The number of rotatable bonds is 5. The Morgan fingerprint density at radius 3 is 2.44 bits per heavy atom. The predicted molar refractivity (Wildman–Crippen MR) is 128 cm³/mol. The highest BCUT2D eigenvalue weighted by Crippen LogP contribution is 2.70. The van der Waals surface area contributed by atoms with E-state index in [4.69, 9.17) is 28.4 Å². The normalized spacial score (nSPS) is 27.1. The van der Waals surface area contributed by atoms with Crippen molar-refractivity contribution >= 4 is 5.97 Å². The summed E-state index contributed by atoms with van der Waals surface area (Å²) in [6.07, 6.45) is 0.0589. The van der Waals surface area contributed by atoms with Crippen LogP contribution in [-0.2, 0) is 20.7 Å². The molecule has 4 atom stereocenters. The number of carbonyl (C=O) groups is 1. The molecule has 3 aromatic rings. The molecule has 0 amide bonds. The number of fused-ring (bicyclic) bond motifs is 4. The first kappa shape index (κ1) is 22.5. The van der Waals surface area contributed by atoms with E-state index in [0.717, 1.165) is 5.56 Å². The topological polar surface area (TPSA) is 92.7 Å². The van der Waals surface area contributed by atoms with E-state index in [2.05, 4.69) is 0 Å². The zero-order valence-corrected chi connectivity index (χ0v) is 20.1. The molecule has 0 spiro atoms. The van der Waals surface area contributed by atoms with Crippen LogP contribution in [0.3, 0.4) is 0 Å². The van der Waals surface area contributed by atoms with Gasteiger partial charge in [-0.2, -0.15) is 0 Å². The van der Waals surface area contributed by atoms with Gasteiger partial charge in [0, 0.05) is 23.6 Å². The quantitative estimate of drug-likeness (QED) is 0.539. The van der Waals surface area contributed by atoms with Crippen LogP contribution in [0.1, 0.15) is 29.0 Å². The van der Waals surface area contributed by atoms with Crippen molar-refractivity contribution in [2.75, 3.05) is 28.1 Å². The number of benzene rings is 3. The van der Waals surface area contributed by atoms with Gasteiger partial charge in [-0.1, -0.05) is 36.4 Å². The van der Waals surface area contributed by atoms with Crippen LogP contribution in [0, 0.1) is 5.92 Å². The summed E-state index contributed by atoms with van der Waals surface area (Å²) in [6.45, 7) is 0.106. The second-order valence-electron chi connectivity index (χ2n) is 9.19. The molecule has 2 aliphatic heterocycles. The minimum Gasteiger partial charge on any atom is -0.496 e. The second-order valence-corrected chi connectivity index (χ2v) is 9.19. The molecule has 1 N–H and O–H groups in total. The van der Waals surface area contributed by atoms with E-state index >= 15 is 0 Å². The molecule has 1 saturated carbocycles. The molecule has 1 fully saturated rings. The lowest BCUT2D eigenvalue weighted by atomic mass is 9.70. The van der Waals surface area contributed by atoms with Crippen molar-refractivity contribution in [3.8, 4) is 28.7 Å². The van der Waals surface area contributed by atoms with Gasteiger partial charge in [0.25, 0.3) is 0 Å². The monoisotopic (exact) mass is 490 g/mol. The predicted octanol–water partition coefficient (Wildman–Crippen LogP) is 3.88. The summed E-state index contributed by atoms with van der Waals surface area (Å²) in [7, 11) is 4.44. The number of esters is 1. The fourth-order valence-corrected chi connectivity index (χ4v) is 6.17. The number of methoxy groups -OCH3 is 3. The SMILES string of the molecule is COC(=O)[C@H]1CC2(O)c3c(OC)cc(OC)cc3O[C@@]2(c2ccc3c(c2)OCO3)C1c1ccccc1. The third kappa shape index (κ3) is 2.88. The molecule has 36 heavy (non-hydrogen) atoms. The second kappa shape index (κ2) is 8.06. The Balaban J connectivity index is 1.67. The lowest BCUT2D eigenvalue weighted by Gasteiger charge is -2.40. The Bertz CT molecular complexity index is 1340. The Kier molecular flexibility index (Phi) is 5.05. The van der Waals surface area contributed by atoms with E-state index in [1.54, 1.807) is 25.3 Å². The van der Waals surface area contributed by atoms with Gasteiger partial charge in [-0.25, -0.2) is 0 Å². The lowest BCUT2D eigenvalue weighted by molar-refractivity contribution is -0.146. The van der Waals surface area contributed by atoms with Crippen molar-refractivity contribution in [2.45, 2.75) is 23.5 Å². The summed E-state index contributed by atoms with van der Waals surface area (Å²) < 4.78 is 34.4. The van der Waals surface area contributed by atoms with E-state index in [0.29, 0.717) is 39.9 Å². The third-order valence-corrected chi connectivity index (χ3v) is 7.61. The number of carbonyl (C=O) groups excluding carboxylic acids is 1. The van der Waals surface area contributed by atoms with Crippen molar-refractivity contribution in [1.82, 2.24) is 0 Å². The van der Waals surface area contributed by atoms with Gasteiger partial charge in [-0.15, -0.1) is 0 Å². The van der Waals surface area contributed by atoms with Crippen LogP contribution in [0.2, 0.25) is 0 Å². The van der Waals surface area contributed by atoms with Crippen LogP contribution in [-0.4, -0.2) is 39.2 Å². The molecule has 2 heterocycles. The highest BCUT2D eigenvalue weighted by molar-refractivity contribution is 5.77. The maximum Gasteiger partial charge on any atom is 0.309 e. The summed E-state index contributed by atoms with van der Waals surface area (Å²) in [5.74, 6) is 0.781. The average Bonchev–Trinajstić information content (AvgIpc) is 3.55. The Hall–Kier alpha value is -3.91. The molecule has 0 aromatic heterocycles. The average molecular weight is 491 g/mol. The van der Waals surface area contributed by atoms with Gasteiger partial charge in [-0.05, 0) is 24.1 Å². The molecule has 2 unspecified atom stereocenters. The molecule has 3 aliphatic rings. The fourth-order valence-electron chi connectivity index (χ4n) is 6.17.